The Balaban J connectivity index is 1.48. The molecule has 1 aromatic heterocycles. The molecule has 1 saturated heterocycles. The number of methoxy groups -OCH3 is 1. The molecule has 6 nitrogen and oxygen atoms in total. The van der Waals surface area contributed by atoms with E-state index in [0.717, 1.165) is 63.2 Å². The first-order valence-corrected chi connectivity index (χ1v) is 10.9. The van der Waals surface area contributed by atoms with Gasteiger partial charge in [-0.15, -0.1) is 0 Å². The Kier molecular flexibility index (Phi) is 6.07. The van der Waals surface area contributed by atoms with E-state index in [0.29, 0.717) is 5.92 Å². The van der Waals surface area contributed by atoms with E-state index in [9.17, 15) is 4.79 Å². The summed E-state index contributed by atoms with van der Waals surface area (Å²) in [4.78, 5) is 20.0. The van der Waals surface area contributed by atoms with Crippen molar-refractivity contribution < 1.29 is 9.53 Å². The highest BCUT2D eigenvalue weighted by Crippen LogP contribution is 2.35. The minimum absolute atomic E-state index is 0.281. The van der Waals surface area contributed by atoms with Crippen molar-refractivity contribution in [2.45, 2.75) is 57.0 Å². The van der Waals surface area contributed by atoms with Gasteiger partial charge in [-0.3, -0.25) is 4.79 Å². The normalized spacial score (nSPS) is 21.6. The van der Waals surface area contributed by atoms with Gasteiger partial charge < -0.3 is 19.5 Å². The average Bonchev–Trinajstić information content (AvgIpc) is 3.27. The highest BCUT2D eigenvalue weighted by atomic mass is 16.5. The van der Waals surface area contributed by atoms with Crippen molar-refractivity contribution >= 4 is 11.6 Å². The van der Waals surface area contributed by atoms with Gasteiger partial charge in [0.1, 0.15) is 11.3 Å². The van der Waals surface area contributed by atoms with Crippen LogP contribution in [0.4, 0.5) is 5.69 Å². The molecule has 2 aliphatic rings. The number of anilines is 1. The molecule has 156 valence electrons. The second kappa shape index (κ2) is 8.89. The van der Waals surface area contributed by atoms with Crippen LogP contribution in [-0.2, 0) is 11.3 Å². The van der Waals surface area contributed by atoms with Crippen LogP contribution >= 0.6 is 0 Å². The summed E-state index contributed by atoms with van der Waals surface area (Å²) >= 11 is 0. The third-order valence-corrected chi connectivity index (χ3v) is 6.42. The Bertz CT molecular complexity index is 782. The summed E-state index contributed by atoms with van der Waals surface area (Å²) in [6, 6.07) is 7.93. The first kappa shape index (κ1) is 19.8. The average molecular weight is 397 g/mol. The number of hydrogen-bond acceptors (Lipinski definition) is 4. The number of carbonyl (C=O) groups is 1. The first-order valence-electron chi connectivity index (χ1n) is 10.9. The number of amides is 1. The molecule has 4 rings (SSSR count). The molecule has 0 spiro atoms. The Morgan fingerprint density at radius 2 is 2.00 bits per heavy atom. The smallest absolute Gasteiger partial charge is 0.248 e. The monoisotopic (exact) mass is 396 g/mol. The van der Waals surface area contributed by atoms with Crippen LogP contribution in [0, 0.1) is 5.92 Å². The lowest BCUT2D eigenvalue weighted by Gasteiger charge is -2.43. The number of rotatable bonds is 6. The fraction of sp³-hybridized carbons (Fsp3) is 0.565. The van der Waals surface area contributed by atoms with E-state index in [-0.39, 0.29) is 5.91 Å². The molecule has 2 heterocycles. The lowest BCUT2D eigenvalue weighted by molar-refractivity contribution is -0.139. The van der Waals surface area contributed by atoms with Crippen molar-refractivity contribution in [1.82, 2.24) is 14.5 Å². The molecule has 1 atom stereocenters. The van der Waals surface area contributed by atoms with Crippen molar-refractivity contribution in [2.75, 3.05) is 25.5 Å². The van der Waals surface area contributed by atoms with E-state index >= 15 is 0 Å². The number of aromatic nitrogens is 2. The van der Waals surface area contributed by atoms with Crippen LogP contribution in [0.3, 0.4) is 0 Å². The van der Waals surface area contributed by atoms with Crippen molar-refractivity contribution in [3.63, 3.8) is 0 Å². The van der Waals surface area contributed by atoms with Crippen molar-refractivity contribution in [3.05, 3.63) is 43.0 Å². The maximum atomic E-state index is 13.8. The summed E-state index contributed by atoms with van der Waals surface area (Å²) in [5.41, 5.74) is 0.511. The van der Waals surface area contributed by atoms with E-state index in [1.807, 2.05) is 43.0 Å². The minimum Gasteiger partial charge on any atom is -0.497 e. The lowest BCUT2D eigenvalue weighted by Crippen LogP contribution is -2.57. The number of imidazole rings is 1. The number of nitrogens with zero attached hydrogens (tertiary/aromatic N) is 3. The second-order valence-corrected chi connectivity index (χ2v) is 8.52. The van der Waals surface area contributed by atoms with E-state index in [2.05, 4.69) is 19.8 Å². The zero-order chi connectivity index (χ0) is 20.1. The Hall–Kier alpha value is -2.50. The largest absolute Gasteiger partial charge is 0.497 e. The first-order chi connectivity index (χ1) is 14.2. The Morgan fingerprint density at radius 3 is 2.69 bits per heavy atom. The summed E-state index contributed by atoms with van der Waals surface area (Å²) in [5.74, 6) is 1.60. The lowest BCUT2D eigenvalue weighted by atomic mass is 9.79. The second-order valence-electron chi connectivity index (χ2n) is 8.52. The highest BCUT2D eigenvalue weighted by Gasteiger charge is 2.43. The van der Waals surface area contributed by atoms with Crippen molar-refractivity contribution in [2.24, 2.45) is 5.92 Å². The maximum absolute atomic E-state index is 13.8. The molecular formula is C23H32N4O2. The minimum atomic E-state index is -0.482. The third-order valence-electron chi connectivity index (χ3n) is 6.42. The molecule has 0 bridgehead atoms. The molecular weight excluding hydrogens is 364 g/mol. The number of piperidine rings is 1. The molecule has 6 heteroatoms. The molecule has 1 aliphatic heterocycles. The van der Waals surface area contributed by atoms with Gasteiger partial charge in [-0.05, 0) is 55.9 Å². The van der Waals surface area contributed by atoms with Crippen molar-refractivity contribution in [1.29, 1.82) is 0 Å². The predicted octanol–water partition coefficient (Wildman–Crippen LogP) is 3.95. The molecule has 1 aromatic carbocycles. The van der Waals surface area contributed by atoms with Crippen LogP contribution in [0.5, 0.6) is 5.75 Å². The van der Waals surface area contributed by atoms with Crippen LogP contribution in [0.2, 0.25) is 0 Å². The fourth-order valence-electron chi connectivity index (χ4n) is 4.89. The Labute approximate surface area is 173 Å². The predicted molar refractivity (Wildman–Crippen MR) is 114 cm³/mol. The van der Waals surface area contributed by atoms with Crippen LogP contribution in [0.15, 0.2) is 43.0 Å². The summed E-state index contributed by atoms with van der Waals surface area (Å²) in [6.45, 7) is 2.64. The SMILES string of the molecule is COc1ccc(NC2(C(=O)N3CCCC(Cn4ccnc4)C3)CCCCC2)cc1. The van der Waals surface area contributed by atoms with Gasteiger partial charge in [0.25, 0.3) is 0 Å². The Morgan fingerprint density at radius 1 is 1.21 bits per heavy atom. The van der Waals surface area contributed by atoms with Crippen molar-refractivity contribution in [3.8, 4) is 5.75 Å². The topological polar surface area (TPSA) is 59.4 Å². The van der Waals surface area contributed by atoms with E-state index in [4.69, 9.17) is 4.74 Å². The van der Waals surface area contributed by atoms with E-state index in [1.165, 1.54) is 12.8 Å². The van der Waals surface area contributed by atoms with E-state index in [1.54, 1.807) is 7.11 Å². The van der Waals surface area contributed by atoms with Gasteiger partial charge in [0, 0.05) is 37.7 Å². The summed E-state index contributed by atoms with van der Waals surface area (Å²) in [6.07, 6.45) is 13.2. The molecule has 0 radical (unpaired) electrons. The van der Waals surface area contributed by atoms with E-state index < -0.39 is 5.54 Å². The highest BCUT2D eigenvalue weighted by molar-refractivity contribution is 5.89. The van der Waals surface area contributed by atoms with Crippen LogP contribution < -0.4 is 10.1 Å². The molecule has 2 fully saturated rings. The zero-order valence-electron chi connectivity index (χ0n) is 17.3. The number of hydrogen-bond donors (Lipinski definition) is 1. The van der Waals surface area contributed by atoms with Crippen LogP contribution in [0.1, 0.15) is 44.9 Å². The molecule has 1 amide bonds. The van der Waals surface area contributed by atoms with Gasteiger partial charge in [0.2, 0.25) is 5.91 Å². The number of nitrogens with one attached hydrogen (secondary N) is 1. The number of benzene rings is 1. The van der Waals surface area contributed by atoms with Gasteiger partial charge in [0.15, 0.2) is 0 Å². The zero-order valence-corrected chi connectivity index (χ0v) is 17.3. The quantitative estimate of drug-likeness (QED) is 0.803. The maximum Gasteiger partial charge on any atom is 0.248 e. The number of carbonyl (C=O) groups excluding carboxylic acids is 1. The summed E-state index contributed by atoms with van der Waals surface area (Å²) < 4.78 is 7.40. The number of likely N-dealkylation sites (tertiary alicyclic amines) is 1. The van der Waals surface area contributed by atoms with Gasteiger partial charge in [-0.25, -0.2) is 4.98 Å². The standard InChI is InChI=1S/C23H32N4O2/c1-29-21-9-7-20(8-10-21)25-23(11-3-2-4-12-23)22(28)27-14-5-6-19(17-27)16-26-15-13-24-18-26/h7-10,13,15,18-19,25H,2-6,11-12,14,16-17H2,1H3. The molecule has 1 saturated carbocycles. The van der Waals surface area contributed by atoms with Gasteiger partial charge >= 0.3 is 0 Å². The van der Waals surface area contributed by atoms with Crippen LogP contribution in [0.25, 0.3) is 0 Å². The molecule has 1 aliphatic carbocycles. The van der Waals surface area contributed by atoms with Gasteiger partial charge in [0.05, 0.1) is 13.4 Å². The molecule has 29 heavy (non-hydrogen) atoms. The van der Waals surface area contributed by atoms with Gasteiger partial charge in [-0.2, -0.15) is 0 Å². The summed E-state index contributed by atoms with van der Waals surface area (Å²) in [7, 11) is 1.67. The number of ether oxygens (including phenoxy) is 1. The molecule has 2 aromatic rings. The summed E-state index contributed by atoms with van der Waals surface area (Å²) in [5, 5.41) is 3.64. The third kappa shape index (κ3) is 4.57. The molecule has 1 N–H and O–H groups in total. The molecule has 1 unspecified atom stereocenters. The van der Waals surface area contributed by atoms with Gasteiger partial charge in [-0.1, -0.05) is 19.3 Å². The van der Waals surface area contributed by atoms with Crippen LogP contribution in [-0.4, -0.2) is 46.1 Å². The fourth-order valence-corrected chi connectivity index (χ4v) is 4.89.